The third kappa shape index (κ3) is 8.34. The maximum Gasteiger partial charge on any atom is 0.158 e. The molecule has 6 heteroatoms. The summed E-state index contributed by atoms with van der Waals surface area (Å²) in [6.07, 6.45) is 2.71. The maximum absolute atomic E-state index is 5.81. The first-order valence-corrected chi connectivity index (χ1v) is 10.6. The Hall–Kier alpha value is -0.240. The summed E-state index contributed by atoms with van der Waals surface area (Å²) in [6.45, 7) is 18.0. The van der Waals surface area contributed by atoms with Crippen LogP contribution < -0.4 is 10.6 Å². The van der Waals surface area contributed by atoms with E-state index in [0.29, 0.717) is 12.1 Å². The van der Waals surface area contributed by atoms with Crippen LogP contribution in [0.4, 0.5) is 0 Å². The summed E-state index contributed by atoms with van der Waals surface area (Å²) in [4.78, 5) is 0. The molecule has 160 valence electrons. The molecule has 2 rings (SSSR count). The summed E-state index contributed by atoms with van der Waals surface area (Å²) >= 11 is 0. The van der Waals surface area contributed by atoms with Crippen LogP contribution in [0.25, 0.3) is 0 Å². The fourth-order valence-corrected chi connectivity index (χ4v) is 3.42. The molecule has 0 amide bonds. The topological polar surface area (TPSA) is 61.0 Å². The van der Waals surface area contributed by atoms with Gasteiger partial charge in [0.1, 0.15) is 0 Å². The molecule has 0 aromatic carbocycles. The van der Waals surface area contributed by atoms with Gasteiger partial charge in [0.05, 0.1) is 26.4 Å². The molecular weight excluding hydrogens is 344 g/mol. The van der Waals surface area contributed by atoms with Gasteiger partial charge in [0.2, 0.25) is 0 Å². The molecule has 2 aliphatic heterocycles. The predicted octanol–water partition coefficient (Wildman–Crippen LogP) is 2.91. The van der Waals surface area contributed by atoms with Crippen LogP contribution in [0.3, 0.4) is 0 Å². The van der Waals surface area contributed by atoms with E-state index in [1.807, 2.05) is 0 Å². The molecule has 0 saturated carbocycles. The zero-order valence-electron chi connectivity index (χ0n) is 18.3. The standard InChI is InChI=1S/C21H42N2O4/c1-7-17(23-11-9-19-26-14-21(5,6)15-27-19)16(2)22-10-8-18-24-12-20(3,4)13-25-18/h16-19,22-23H,7-15H2,1-6H3. The highest BCUT2D eigenvalue weighted by Crippen LogP contribution is 2.24. The Kier molecular flexibility index (Phi) is 8.97. The zero-order valence-corrected chi connectivity index (χ0v) is 18.3. The van der Waals surface area contributed by atoms with Crippen LogP contribution >= 0.6 is 0 Å². The van der Waals surface area contributed by atoms with Crippen molar-refractivity contribution in [3.05, 3.63) is 0 Å². The summed E-state index contributed by atoms with van der Waals surface area (Å²) in [7, 11) is 0. The van der Waals surface area contributed by atoms with E-state index in [4.69, 9.17) is 18.9 Å². The number of hydrogen-bond donors (Lipinski definition) is 2. The van der Waals surface area contributed by atoms with Crippen LogP contribution in [-0.2, 0) is 18.9 Å². The van der Waals surface area contributed by atoms with Crippen molar-refractivity contribution in [2.24, 2.45) is 10.8 Å². The summed E-state index contributed by atoms with van der Waals surface area (Å²) < 4.78 is 23.2. The molecule has 0 radical (unpaired) electrons. The minimum absolute atomic E-state index is 0.0730. The molecular formula is C21H42N2O4. The smallest absolute Gasteiger partial charge is 0.158 e. The van der Waals surface area contributed by atoms with Crippen LogP contribution in [0.5, 0.6) is 0 Å². The van der Waals surface area contributed by atoms with Gasteiger partial charge in [-0.3, -0.25) is 0 Å². The van der Waals surface area contributed by atoms with E-state index in [2.05, 4.69) is 52.2 Å². The van der Waals surface area contributed by atoms with Crippen LogP contribution in [-0.4, -0.2) is 64.2 Å². The van der Waals surface area contributed by atoms with Crippen LogP contribution in [0.15, 0.2) is 0 Å². The van der Waals surface area contributed by atoms with Crippen molar-refractivity contribution in [2.75, 3.05) is 39.5 Å². The molecule has 2 heterocycles. The lowest BCUT2D eigenvalue weighted by Gasteiger charge is -2.35. The first-order chi connectivity index (χ1) is 12.7. The lowest BCUT2D eigenvalue weighted by Crippen LogP contribution is -2.48. The average Bonchev–Trinajstić information content (AvgIpc) is 2.61. The monoisotopic (exact) mass is 386 g/mol. The van der Waals surface area contributed by atoms with Crippen LogP contribution in [0, 0.1) is 10.8 Å². The van der Waals surface area contributed by atoms with E-state index in [1.165, 1.54) is 0 Å². The highest BCUT2D eigenvalue weighted by atomic mass is 16.7. The highest BCUT2D eigenvalue weighted by molar-refractivity contribution is 4.79. The quantitative estimate of drug-likeness (QED) is 0.602. The third-order valence-electron chi connectivity index (χ3n) is 5.32. The fraction of sp³-hybridized carbons (Fsp3) is 1.00. The summed E-state index contributed by atoms with van der Waals surface area (Å²) in [5.41, 5.74) is 0.270. The molecule has 0 aliphatic carbocycles. The first kappa shape index (κ1) is 23.0. The molecule has 27 heavy (non-hydrogen) atoms. The number of hydrogen-bond acceptors (Lipinski definition) is 6. The summed E-state index contributed by atoms with van der Waals surface area (Å²) in [5, 5.41) is 7.27. The maximum atomic E-state index is 5.81. The van der Waals surface area contributed by atoms with E-state index in [1.54, 1.807) is 0 Å². The van der Waals surface area contributed by atoms with Crippen molar-refractivity contribution in [2.45, 2.75) is 85.5 Å². The molecule has 0 spiro atoms. The Morgan fingerprint density at radius 3 is 1.59 bits per heavy atom. The van der Waals surface area contributed by atoms with E-state index >= 15 is 0 Å². The average molecular weight is 387 g/mol. The van der Waals surface area contributed by atoms with E-state index in [9.17, 15) is 0 Å². The van der Waals surface area contributed by atoms with Gasteiger partial charge in [-0.25, -0.2) is 0 Å². The summed E-state index contributed by atoms with van der Waals surface area (Å²) in [5.74, 6) is 0. The van der Waals surface area contributed by atoms with Crippen molar-refractivity contribution in [3.8, 4) is 0 Å². The Morgan fingerprint density at radius 2 is 1.19 bits per heavy atom. The molecule has 6 nitrogen and oxygen atoms in total. The number of rotatable bonds is 10. The molecule has 2 unspecified atom stereocenters. The lowest BCUT2D eigenvalue weighted by atomic mass is 9.95. The van der Waals surface area contributed by atoms with Gasteiger partial charge < -0.3 is 29.6 Å². The predicted molar refractivity (Wildman–Crippen MR) is 108 cm³/mol. The first-order valence-electron chi connectivity index (χ1n) is 10.6. The van der Waals surface area contributed by atoms with Gasteiger partial charge in [-0.05, 0) is 13.3 Å². The van der Waals surface area contributed by atoms with Gasteiger partial charge in [-0.15, -0.1) is 0 Å². The van der Waals surface area contributed by atoms with Gasteiger partial charge in [0, 0.05) is 48.8 Å². The molecule has 0 aromatic rings. The normalized spacial score (nSPS) is 26.0. The third-order valence-corrected chi connectivity index (χ3v) is 5.32. The zero-order chi connectivity index (χ0) is 19.9. The molecule has 2 aliphatic rings. The summed E-state index contributed by atoms with van der Waals surface area (Å²) in [6, 6.07) is 0.819. The molecule has 2 atom stereocenters. The van der Waals surface area contributed by atoms with Crippen LogP contribution in [0.2, 0.25) is 0 Å². The van der Waals surface area contributed by atoms with Crippen molar-refractivity contribution in [3.63, 3.8) is 0 Å². The van der Waals surface area contributed by atoms with Gasteiger partial charge in [0.15, 0.2) is 12.6 Å². The van der Waals surface area contributed by atoms with Gasteiger partial charge in [0.25, 0.3) is 0 Å². The SMILES string of the molecule is CCC(NCCC1OCC(C)(C)CO1)C(C)NCCC1OCC(C)(C)CO1. The Labute approximate surface area is 166 Å². The van der Waals surface area contributed by atoms with E-state index < -0.39 is 0 Å². The van der Waals surface area contributed by atoms with Crippen LogP contribution in [0.1, 0.15) is 60.8 Å². The molecule has 2 saturated heterocycles. The van der Waals surface area contributed by atoms with Gasteiger partial charge in [-0.2, -0.15) is 0 Å². The van der Waals surface area contributed by atoms with Gasteiger partial charge >= 0.3 is 0 Å². The molecule has 2 N–H and O–H groups in total. The lowest BCUT2D eigenvalue weighted by molar-refractivity contribution is -0.223. The minimum atomic E-state index is -0.0735. The molecule has 2 fully saturated rings. The Bertz CT molecular complexity index is 410. The second-order valence-electron chi connectivity index (χ2n) is 9.72. The Morgan fingerprint density at radius 1 is 0.778 bits per heavy atom. The van der Waals surface area contributed by atoms with Gasteiger partial charge in [-0.1, -0.05) is 34.6 Å². The van der Waals surface area contributed by atoms with Crippen molar-refractivity contribution in [1.29, 1.82) is 0 Å². The largest absolute Gasteiger partial charge is 0.352 e. The number of ether oxygens (including phenoxy) is 4. The van der Waals surface area contributed by atoms with Crippen molar-refractivity contribution < 1.29 is 18.9 Å². The minimum Gasteiger partial charge on any atom is -0.352 e. The van der Waals surface area contributed by atoms with E-state index in [-0.39, 0.29) is 23.4 Å². The molecule has 0 aromatic heterocycles. The van der Waals surface area contributed by atoms with E-state index in [0.717, 1.165) is 58.8 Å². The number of nitrogens with one attached hydrogen (secondary N) is 2. The highest BCUT2D eigenvalue weighted by Gasteiger charge is 2.29. The van der Waals surface area contributed by atoms with Crippen molar-refractivity contribution in [1.82, 2.24) is 10.6 Å². The van der Waals surface area contributed by atoms with Crippen molar-refractivity contribution >= 4 is 0 Å². The Balaban J connectivity index is 1.57. The fourth-order valence-electron chi connectivity index (χ4n) is 3.42. The second-order valence-corrected chi connectivity index (χ2v) is 9.72. The second kappa shape index (κ2) is 10.5. The molecule has 0 bridgehead atoms.